The molecule has 0 aliphatic carbocycles. The van der Waals surface area contributed by atoms with Crippen LogP contribution < -0.4 is 0 Å². The molecule has 0 aromatic carbocycles. The third-order valence-electron chi connectivity index (χ3n) is 9.22. The van der Waals surface area contributed by atoms with Gasteiger partial charge in [-0.15, -0.1) is 0 Å². The zero-order valence-corrected chi connectivity index (χ0v) is 35.8. The lowest BCUT2D eigenvalue weighted by molar-refractivity contribution is -0.870. The number of ether oxygens (including phenoxy) is 2. The van der Waals surface area contributed by atoms with Crippen molar-refractivity contribution in [3.63, 3.8) is 0 Å². The van der Waals surface area contributed by atoms with Crippen LogP contribution in [0.25, 0.3) is 0 Å². The van der Waals surface area contributed by atoms with Gasteiger partial charge in [0, 0.05) is 12.8 Å². The summed E-state index contributed by atoms with van der Waals surface area (Å²) in [6, 6.07) is 0. The summed E-state index contributed by atoms with van der Waals surface area (Å²) in [6.45, 7) is 7.28. The highest BCUT2D eigenvalue weighted by Crippen LogP contribution is 2.43. The zero-order valence-electron chi connectivity index (χ0n) is 34.9. The number of phosphoric acid groups is 1. The van der Waals surface area contributed by atoms with Crippen LogP contribution in [0.4, 0.5) is 0 Å². The summed E-state index contributed by atoms with van der Waals surface area (Å²) in [5, 5.41) is 0. The van der Waals surface area contributed by atoms with Gasteiger partial charge in [-0.25, -0.2) is 4.57 Å². The average molecular weight is 783 g/mol. The summed E-state index contributed by atoms with van der Waals surface area (Å²) < 4.78 is 34.3. The Labute approximate surface area is 331 Å². The Morgan fingerprint density at radius 3 is 1.39 bits per heavy atom. The van der Waals surface area contributed by atoms with Gasteiger partial charge in [0.2, 0.25) is 0 Å². The standard InChI is InChI=1S/C44H80NO8P/c1-6-8-10-12-14-16-18-20-22-24-26-28-30-32-34-36-43(46)50-40-42(41-52-54(48,49)51-39-38-45(3,4)5)53-44(47)37-35-33-31-29-27-25-23-21-19-17-15-13-11-9-7-2/h6-11,42H,1-2,12-41H2,3-5H3/p+1/b10-8+,11-9+. The number of rotatable bonds is 40. The Morgan fingerprint density at radius 1 is 0.593 bits per heavy atom. The minimum atomic E-state index is -4.38. The fraction of sp³-hybridized carbons (Fsp3) is 0.773. The number of allylic oxidation sites excluding steroid dienone is 6. The smallest absolute Gasteiger partial charge is 0.462 e. The van der Waals surface area contributed by atoms with E-state index >= 15 is 0 Å². The lowest BCUT2D eigenvalue weighted by Gasteiger charge is -2.24. The molecule has 0 aliphatic rings. The van der Waals surface area contributed by atoms with Crippen molar-refractivity contribution in [2.24, 2.45) is 0 Å². The number of quaternary nitrogens is 1. The zero-order chi connectivity index (χ0) is 40.0. The second-order valence-corrected chi connectivity index (χ2v) is 17.0. The van der Waals surface area contributed by atoms with Crippen LogP contribution in [0.15, 0.2) is 49.6 Å². The number of carbonyl (C=O) groups is 2. The van der Waals surface area contributed by atoms with E-state index in [1.807, 2.05) is 45.4 Å². The van der Waals surface area contributed by atoms with Crippen LogP contribution in [0.3, 0.4) is 0 Å². The maximum absolute atomic E-state index is 12.7. The lowest BCUT2D eigenvalue weighted by Crippen LogP contribution is -2.37. The van der Waals surface area contributed by atoms with E-state index in [-0.39, 0.29) is 32.0 Å². The largest absolute Gasteiger partial charge is 0.472 e. The molecule has 314 valence electrons. The molecule has 0 fully saturated rings. The Balaban J connectivity index is 4.33. The number of hydrogen-bond acceptors (Lipinski definition) is 7. The normalized spacial score (nSPS) is 13.6. The van der Waals surface area contributed by atoms with Crippen LogP contribution in [0, 0.1) is 0 Å². The topological polar surface area (TPSA) is 108 Å². The van der Waals surface area contributed by atoms with E-state index in [0.717, 1.165) is 51.4 Å². The van der Waals surface area contributed by atoms with Gasteiger partial charge in [-0.3, -0.25) is 18.6 Å². The van der Waals surface area contributed by atoms with Crippen molar-refractivity contribution in [2.75, 3.05) is 47.5 Å². The van der Waals surface area contributed by atoms with Crippen molar-refractivity contribution in [3.8, 4) is 0 Å². The van der Waals surface area contributed by atoms with Gasteiger partial charge in [0.05, 0.1) is 27.7 Å². The molecule has 2 atom stereocenters. The Morgan fingerprint density at radius 2 is 0.981 bits per heavy atom. The van der Waals surface area contributed by atoms with Crippen molar-refractivity contribution in [2.45, 2.75) is 173 Å². The van der Waals surface area contributed by atoms with Gasteiger partial charge in [-0.1, -0.05) is 165 Å². The van der Waals surface area contributed by atoms with Crippen molar-refractivity contribution in [1.82, 2.24) is 0 Å². The molecule has 0 rings (SSSR count). The number of hydrogen-bond donors (Lipinski definition) is 1. The molecule has 9 nitrogen and oxygen atoms in total. The van der Waals surface area contributed by atoms with Gasteiger partial charge in [0.15, 0.2) is 6.10 Å². The van der Waals surface area contributed by atoms with E-state index in [9.17, 15) is 19.0 Å². The van der Waals surface area contributed by atoms with Gasteiger partial charge in [-0.2, -0.15) is 0 Å². The molecule has 10 heteroatoms. The molecule has 0 radical (unpaired) electrons. The minimum absolute atomic E-state index is 0.0283. The van der Waals surface area contributed by atoms with Crippen molar-refractivity contribution >= 4 is 19.8 Å². The van der Waals surface area contributed by atoms with Crippen LogP contribution in [0.5, 0.6) is 0 Å². The molecule has 0 saturated heterocycles. The van der Waals surface area contributed by atoms with E-state index < -0.39 is 26.5 Å². The fourth-order valence-electron chi connectivity index (χ4n) is 5.89. The first-order chi connectivity index (χ1) is 26.0. The Kier molecular flexibility index (Phi) is 35.2. The molecule has 0 aromatic heterocycles. The molecule has 0 amide bonds. The predicted molar refractivity (Wildman–Crippen MR) is 224 cm³/mol. The van der Waals surface area contributed by atoms with Crippen LogP contribution >= 0.6 is 7.82 Å². The molecule has 0 heterocycles. The van der Waals surface area contributed by atoms with E-state index in [4.69, 9.17) is 18.5 Å². The lowest BCUT2D eigenvalue weighted by atomic mass is 10.0. The average Bonchev–Trinajstić information content (AvgIpc) is 3.12. The molecular weight excluding hydrogens is 701 g/mol. The number of likely N-dealkylation sites (N-methyl/N-ethyl adjacent to an activating group) is 1. The Hall–Kier alpha value is -2.03. The number of unbranched alkanes of at least 4 members (excludes halogenated alkanes) is 22. The molecule has 0 aromatic rings. The summed E-state index contributed by atoms with van der Waals surface area (Å²) in [4.78, 5) is 35.3. The summed E-state index contributed by atoms with van der Waals surface area (Å²) >= 11 is 0. The van der Waals surface area contributed by atoms with Crippen molar-refractivity contribution in [1.29, 1.82) is 0 Å². The highest BCUT2D eigenvalue weighted by molar-refractivity contribution is 7.47. The van der Waals surface area contributed by atoms with Crippen molar-refractivity contribution in [3.05, 3.63) is 49.6 Å². The number of esters is 2. The SMILES string of the molecule is C=C/C=C/CCCCCCCCCCCCCC(=O)OCC(COP(=O)(O)OCC[N+](C)(C)C)OC(=O)CCCCCCCCCCCCC/C=C/C=C. The van der Waals surface area contributed by atoms with Gasteiger partial charge >= 0.3 is 19.8 Å². The quantitative estimate of drug-likeness (QED) is 0.0215. The monoisotopic (exact) mass is 783 g/mol. The van der Waals surface area contributed by atoms with Gasteiger partial charge in [-0.05, 0) is 38.5 Å². The van der Waals surface area contributed by atoms with Gasteiger partial charge < -0.3 is 18.9 Å². The third-order valence-corrected chi connectivity index (χ3v) is 10.2. The highest BCUT2D eigenvalue weighted by Gasteiger charge is 2.27. The van der Waals surface area contributed by atoms with Gasteiger partial charge in [0.1, 0.15) is 19.8 Å². The first-order valence-corrected chi connectivity index (χ1v) is 22.8. The first-order valence-electron chi connectivity index (χ1n) is 21.3. The maximum atomic E-state index is 12.7. The van der Waals surface area contributed by atoms with Crippen molar-refractivity contribution < 1.29 is 42.1 Å². The number of phosphoric ester groups is 1. The van der Waals surface area contributed by atoms with E-state index in [1.54, 1.807) is 0 Å². The first kappa shape index (κ1) is 52.0. The predicted octanol–water partition coefficient (Wildman–Crippen LogP) is 11.9. The van der Waals surface area contributed by atoms with Crippen LogP contribution in [-0.4, -0.2) is 74.9 Å². The van der Waals surface area contributed by atoms with Crippen LogP contribution in [-0.2, 0) is 32.7 Å². The molecule has 2 unspecified atom stereocenters. The summed E-state index contributed by atoms with van der Waals surface area (Å²) in [5.41, 5.74) is 0. The summed E-state index contributed by atoms with van der Waals surface area (Å²) in [7, 11) is 1.46. The van der Waals surface area contributed by atoms with Crippen LogP contribution in [0.1, 0.15) is 167 Å². The molecular formula is C44H81NO8P+. The minimum Gasteiger partial charge on any atom is -0.462 e. The van der Waals surface area contributed by atoms with Gasteiger partial charge in [0.25, 0.3) is 0 Å². The van der Waals surface area contributed by atoms with Crippen LogP contribution in [0.2, 0.25) is 0 Å². The molecule has 54 heavy (non-hydrogen) atoms. The molecule has 0 spiro atoms. The molecule has 0 bridgehead atoms. The summed E-state index contributed by atoms with van der Waals surface area (Å²) in [5.74, 6) is -0.811. The number of nitrogens with zero attached hydrogens (tertiary/aromatic N) is 1. The van der Waals surface area contributed by atoms with E-state index in [0.29, 0.717) is 17.4 Å². The summed E-state index contributed by atoms with van der Waals surface area (Å²) in [6.07, 6.45) is 39.4. The van der Waals surface area contributed by atoms with E-state index in [2.05, 4.69) is 25.3 Å². The van der Waals surface area contributed by atoms with E-state index in [1.165, 1.54) is 96.3 Å². The molecule has 1 N–H and O–H groups in total. The second kappa shape index (κ2) is 36.6. The fourth-order valence-corrected chi connectivity index (χ4v) is 6.64. The molecule has 0 saturated carbocycles. The highest BCUT2D eigenvalue weighted by atomic mass is 31.2. The molecule has 0 aliphatic heterocycles. The maximum Gasteiger partial charge on any atom is 0.472 e. The Bertz CT molecular complexity index is 1040. The number of carbonyl (C=O) groups excluding carboxylic acids is 2. The second-order valence-electron chi connectivity index (χ2n) is 15.6. The third kappa shape index (κ3) is 39.7.